The van der Waals surface area contributed by atoms with Crippen molar-refractivity contribution >= 4 is 28.9 Å². The van der Waals surface area contributed by atoms with Crippen molar-refractivity contribution in [2.75, 3.05) is 5.75 Å². The maximum absolute atomic E-state index is 12.7. The highest BCUT2D eigenvalue weighted by atomic mass is 32.2. The van der Waals surface area contributed by atoms with Gasteiger partial charge in [-0.3, -0.25) is 4.79 Å². The summed E-state index contributed by atoms with van der Waals surface area (Å²) in [5.74, 6) is 0.875. The van der Waals surface area contributed by atoms with Crippen molar-refractivity contribution < 1.29 is 9.18 Å². The van der Waals surface area contributed by atoms with Crippen LogP contribution in [0.25, 0.3) is 0 Å². The average molecular weight is 280 g/mol. The van der Waals surface area contributed by atoms with Crippen LogP contribution in [0, 0.1) is 5.82 Å². The van der Waals surface area contributed by atoms with E-state index in [-0.39, 0.29) is 11.6 Å². The lowest BCUT2D eigenvalue weighted by molar-refractivity contribution is 0.0986. The molecule has 4 heteroatoms. The van der Waals surface area contributed by atoms with Gasteiger partial charge in [-0.05, 0) is 47.9 Å². The fourth-order valence-electron chi connectivity index (χ4n) is 1.51. The molecule has 1 aromatic carbocycles. The van der Waals surface area contributed by atoms with Crippen LogP contribution >= 0.6 is 23.1 Å². The lowest BCUT2D eigenvalue weighted by atomic mass is 10.2. The summed E-state index contributed by atoms with van der Waals surface area (Å²) in [7, 11) is 0. The van der Waals surface area contributed by atoms with E-state index in [4.69, 9.17) is 0 Å². The van der Waals surface area contributed by atoms with Gasteiger partial charge in [-0.1, -0.05) is 6.07 Å². The highest BCUT2D eigenvalue weighted by Gasteiger charge is 2.06. The van der Waals surface area contributed by atoms with Crippen molar-refractivity contribution in [1.82, 2.24) is 0 Å². The smallest absolute Gasteiger partial charge is 0.172 e. The van der Waals surface area contributed by atoms with Gasteiger partial charge in [0.25, 0.3) is 0 Å². The quantitative estimate of drug-likeness (QED) is 0.435. The van der Waals surface area contributed by atoms with Gasteiger partial charge in [-0.2, -0.15) is 0 Å². The summed E-state index contributed by atoms with van der Waals surface area (Å²) in [5, 5.41) is 1.92. The molecular weight excluding hydrogens is 267 g/mol. The second kappa shape index (κ2) is 6.71. The maximum atomic E-state index is 12.7. The average Bonchev–Trinajstić information content (AvgIpc) is 2.90. The van der Waals surface area contributed by atoms with Crippen LogP contribution in [0.5, 0.6) is 0 Å². The Kier molecular flexibility index (Phi) is 4.96. The van der Waals surface area contributed by atoms with E-state index in [1.165, 1.54) is 23.5 Å². The van der Waals surface area contributed by atoms with E-state index in [0.717, 1.165) is 21.9 Å². The zero-order chi connectivity index (χ0) is 12.8. The van der Waals surface area contributed by atoms with E-state index in [2.05, 4.69) is 0 Å². The summed E-state index contributed by atoms with van der Waals surface area (Å²) in [6.45, 7) is 0. The molecule has 94 valence electrons. The molecule has 0 saturated heterocycles. The number of Topliss-reactive ketones (excluding diaryl/α,β-unsaturated/α-hetero) is 1. The molecule has 0 atom stereocenters. The molecular formula is C14H13FOS2. The van der Waals surface area contributed by atoms with E-state index >= 15 is 0 Å². The van der Waals surface area contributed by atoms with E-state index in [9.17, 15) is 9.18 Å². The number of carbonyl (C=O) groups excluding carboxylic acids is 1. The third-order valence-corrected chi connectivity index (χ3v) is 4.44. The summed E-state index contributed by atoms with van der Waals surface area (Å²) < 4.78 is 12.7. The Morgan fingerprint density at radius 1 is 1.22 bits per heavy atom. The molecule has 0 amide bonds. The summed E-state index contributed by atoms with van der Waals surface area (Å²) in [6.07, 6.45) is 1.42. The fraction of sp³-hybridized carbons (Fsp3) is 0.214. The normalized spacial score (nSPS) is 10.5. The van der Waals surface area contributed by atoms with Crippen LogP contribution in [0.1, 0.15) is 22.5 Å². The summed E-state index contributed by atoms with van der Waals surface area (Å²) in [4.78, 5) is 13.6. The minimum absolute atomic E-state index is 0.213. The van der Waals surface area contributed by atoms with E-state index in [1.807, 2.05) is 17.5 Å². The van der Waals surface area contributed by atoms with Gasteiger partial charge in [0, 0.05) is 11.3 Å². The van der Waals surface area contributed by atoms with Crippen molar-refractivity contribution in [3.05, 3.63) is 52.5 Å². The number of halogens is 1. The first-order chi connectivity index (χ1) is 8.75. The number of hydrogen-bond acceptors (Lipinski definition) is 3. The van der Waals surface area contributed by atoms with Gasteiger partial charge >= 0.3 is 0 Å². The third-order valence-electron chi connectivity index (χ3n) is 2.43. The van der Waals surface area contributed by atoms with Crippen LogP contribution in [-0.4, -0.2) is 11.5 Å². The molecule has 0 radical (unpaired) electrons. The second-order valence-corrected chi connectivity index (χ2v) is 5.92. The Labute approximate surface area is 114 Å². The predicted molar refractivity (Wildman–Crippen MR) is 75.0 cm³/mol. The number of thioether (sulfide) groups is 1. The maximum Gasteiger partial charge on any atom is 0.172 e. The number of hydrogen-bond donors (Lipinski definition) is 0. The highest BCUT2D eigenvalue weighted by Crippen LogP contribution is 2.20. The van der Waals surface area contributed by atoms with Gasteiger partial charge < -0.3 is 0 Å². The van der Waals surface area contributed by atoms with Gasteiger partial charge in [-0.15, -0.1) is 23.1 Å². The number of ketones is 1. The number of carbonyl (C=O) groups is 1. The van der Waals surface area contributed by atoms with E-state index < -0.39 is 0 Å². The largest absolute Gasteiger partial charge is 0.293 e. The first-order valence-corrected chi connectivity index (χ1v) is 7.57. The Morgan fingerprint density at radius 3 is 2.67 bits per heavy atom. The number of benzene rings is 1. The van der Waals surface area contributed by atoms with Crippen LogP contribution in [0.15, 0.2) is 46.7 Å². The number of thiophene rings is 1. The lowest BCUT2D eigenvalue weighted by Gasteiger charge is -2.01. The standard InChI is InChI=1S/C14H13FOS2/c15-11-5-7-12(8-6-11)17-9-1-3-13(16)14-4-2-10-18-14/h2,4-8,10H,1,3,9H2. The zero-order valence-corrected chi connectivity index (χ0v) is 11.4. The van der Waals surface area contributed by atoms with Gasteiger partial charge in [0.05, 0.1) is 4.88 Å². The van der Waals surface area contributed by atoms with Crippen LogP contribution < -0.4 is 0 Å². The summed E-state index contributed by atoms with van der Waals surface area (Å²) >= 11 is 3.14. The van der Waals surface area contributed by atoms with Gasteiger partial charge in [0.15, 0.2) is 5.78 Å². The highest BCUT2D eigenvalue weighted by molar-refractivity contribution is 7.99. The van der Waals surface area contributed by atoms with Gasteiger partial charge in [0.2, 0.25) is 0 Å². The first kappa shape index (κ1) is 13.3. The van der Waals surface area contributed by atoms with Crippen molar-refractivity contribution in [3.63, 3.8) is 0 Å². The van der Waals surface area contributed by atoms with Gasteiger partial charge in [0.1, 0.15) is 5.82 Å². The monoisotopic (exact) mass is 280 g/mol. The third kappa shape index (κ3) is 3.96. The molecule has 0 saturated carbocycles. The minimum Gasteiger partial charge on any atom is -0.293 e. The first-order valence-electron chi connectivity index (χ1n) is 5.71. The Bertz CT molecular complexity index is 491. The van der Waals surface area contributed by atoms with E-state index in [0.29, 0.717) is 6.42 Å². The van der Waals surface area contributed by atoms with Crippen LogP contribution in [-0.2, 0) is 0 Å². The van der Waals surface area contributed by atoms with Crippen molar-refractivity contribution in [3.8, 4) is 0 Å². The number of rotatable bonds is 6. The lowest BCUT2D eigenvalue weighted by Crippen LogP contribution is -1.96. The molecule has 2 rings (SSSR count). The molecule has 0 aliphatic rings. The Balaban J connectivity index is 1.70. The molecule has 0 N–H and O–H groups in total. The summed E-state index contributed by atoms with van der Waals surface area (Å²) in [5.41, 5.74) is 0. The SMILES string of the molecule is O=C(CCCSc1ccc(F)cc1)c1cccs1. The molecule has 0 fully saturated rings. The van der Waals surface area contributed by atoms with Crippen LogP contribution in [0.2, 0.25) is 0 Å². The van der Waals surface area contributed by atoms with E-state index in [1.54, 1.807) is 23.9 Å². The fourth-order valence-corrected chi connectivity index (χ4v) is 3.06. The summed E-state index contributed by atoms with van der Waals surface area (Å²) in [6, 6.07) is 10.2. The zero-order valence-electron chi connectivity index (χ0n) is 9.77. The molecule has 0 unspecified atom stereocenters. The molecule has 0 aliphatic heterocycles. The van der Waals surface area contributed by atoms with Crippen molar-refractivity contribution in [1.29, 1.82) is 0 Å². The van der Waals surface area contributed by atoms with Gasteiger partial charge in [-0.25, -0.2) is 4.39 Å². The molecule has 1 nitrogen and oxygen atoms in total. The topological polar surface area (TPSA) is 17.1 Å². The van der Waals surface area contributed by atoms with Crippen molar-refractivity contribution in [2.24, 2.45) is 0 Å². The molecule has 1 heterocycles. The molecule has 0 bridgehead atoms. The molecule has 18 heavy (non-hydrogen) atoms. The minimum atomic E-state index is -0.216. The molecule has 0 spiro atoms. The molecule has 2 aromatic rings. The predicted octanol–water partition coefficient (Wildman–Crippen LogP) is 4.64. The second-order valence-electron chi connectivity index (χ2n) is 3.81. The van der Waals surface area contributed by atoms with Crippen LogP contribution in [0.3, 0.4) is 0 Å². The molecule has 0 aliphatic carbocycles. The molecule has 1 aromatic heterocycles. The van der Waals surface area contributed by atoms with Crippen LogP contribution in [0.4, 0.5) is 4.39 Å². The van der Waals surface area contributed by atoms with Crippen molar-refractivity contribution in [2.45, 2.75) is 17.7 Å². The Hall–Kier alpha value is -1.13. The Morgan fingerprint density at radius 2 is 2.00 bits per heavy atom.